The maximum atomic E-state index is 3.34. The topological polar surface area (TPSA) is 15.3 Å². The van der Waals surface area contributed by atoms with Crippen LogP contribution >= 0.6 is 0 Å². The molecular formula is C17H28N2. The van der Waals surface area contributed by atoms with Crippen molar-refractivity contribution in [3.8, 4) is 0 Å². The van der Waals surface area contributed by atoms with Crippen LogP contribution in [0.1, 0.15) is 35.6 Å². The first-order valence-electron chi connectivity index (χ1n) is 7.37. The van der Waals surface area contributed by atoms with Gasteiger partial charge in [-0.3, -0.25) is 4.90 Å². The lowest BCUT2D eigenvalue weighted by Crippen LogP contribution is -2.33. The SMILES string of the molecule is CNCC1(C)CCN(Cc2c(C)cc(C)cc2C)C1. The van der Waals surface area contributed by atoms with Gasteiger partial charge in [0.1, 0.15) is 0 Å². The van der Waals surface area contributed by atoms with E-state index in [1.165, 1.54) is 41.8 Å². The molecule has 1 atom stereocenters. The van der Waals surface area contributed by atoms with Crippen LogP contribution in [0.3, 0.4) is 0 Å². The molecule has 0 bridgehead atoms. The van der Waals surface area contributed by atoms with Gasteiger partial charge in [-0.05, 0) is 62.9 Å². The third-order valence-electron chi connectivity index (χ3n) is 4.46. The molecule has 1 N–H and O–H groups in total. The maximum absolute atomic E-state index is 3.34. The number of aryl methyl sites for hydroxylation is 3. The summed E-state index contributed by atoms with van der Waals surface area (Å²) in [6.45, 7) is 13.7. The number of benzene rings is 1. The lowest BCUT2D eigenvalue weighted by atomic mass is 9.90. The molecule has 1 aromatic rings. The van der Waals surface area contributed by atoms with E-state index >= 15 is 0 Å². The van der Waals surface area contributed by atoms with Crippen molar-refractivity contribution in [3.63, 3.8) is 0 Å². The van der Waals surface area contributed by atoms with E-state index in [1.807, 2.05) is 0 Å². The predicted octanol–water partition coefficient (Wildman–Crippen LogP) is 3.04. The Morgan fingerprint density at radius 2 is 1.84 bits per heavy atom. The molecule has 1 aliphatic rings. The molecule has 0 spiro atoms. The summed E-state index contributed by atoms with van der Waals surface area (Å²) >= 11 is 0. The summed E-state index contributed by atoms with van der Waals surface area (Å²) in [6, 6.07) is 4.62. The Hall–Kier alpha value is -0.860. The Labute approximate surface area is 118 Å². The summed E-state index contributed by atoms with van der Waals surface area (Å²) in [5.74, 6) is 0. The number of rotatable bonds is 4. The summed E-state index contributed by atoms with van der Waals surface area (Å²) in [7, 11) is 2.06. The summed E-state index contributed by atoms with van der Waals surface area (Å²) in [5, 5.41) is 3.34. The monoisotopic (exact) mass is 260 g/mol. The van der Waals surface area contributed by atoms with Gasteiger partial charge in [-0.1, -0.05) is 24.6 Å². The first-order valence-corrected chi connectivity index (χ1v) is 7.37. The third-order valence-corrected chi connectivity index (χ3v) is 4.46. The summed E-state index contributed by atoms with van der Waals surface area (Å²) < 4.78 is 0. The van der Waals surface area contributed by atoms with Gasteiger partial charge in [0.15, 0.2) is 0 Å². The molecule has 0 radical (unpaired) electrons. The molecule has 19 heavy (non-hydrogen) atoms. The van der Waals surface area contributed by atoms with Crippen LogP contribution < -0.4 is 5.32 Å². The number of hydrogen-bond donors (Lipinski definition) is 1. The van der Waals surface area contributed by atoms with E-state index in [-0.39, 0.29) is 0 Å². The summed E-state index contributed by atoms with van der Waals surface area (Å²) in [4.78, 5) is 2.61. The van der Waals surface area contributed by atoms with Gasteiger partial charge in [-0.15, -0.1) is 0 Å². The van der Waals surface area contributed by atoms with Crippen molar-refractivity contribution in [3.05, 3.63) is 34.4 Å². The number of likely N-dealkylation sites (tertiary alicyclic amines) is 1. The van der Waals surface area contributed by atoms with Crippen LogP contribution in [-0.4, -0.2) is 31.6 Å². The molecule has 2 heteroatoms. The first-order chi connectivity index (χ1) is 8.93. The molecule has 1 aromatic carbocycles. The lowest BCUT2D eigenvalue weighted by Gasteiger charge is -2.25. The van der Waals surface area contributed by atoms with E-state index in [0.29, 0.717) is 5.41 Å². The van der Waals surface area contributed by atoms with Crippen LogP contribution in [0.5, 0.6) is 0 Å². The predicted molar refractivity (Wildman–Crippen MR) is 82.6 cm³/mol. The minimum absolute atomic E-state index is 0.446. The molecule has 1 unspecified atom stereocenters. The van der Waals surface area contributed by atoms with Crippen LogP contribution in [0.15, 0.2) is 12.1 Å². The Bertz CT molecular complexity index is 430. The molecule has 1 aliphatic heterocycles. The van der Waals surface area contributed by atoms with E-state index < -0.39 is 0 Å². The van der Waals surface area contributed by atoms with Gasteiger partial charge in [-0.25, -0.2) is 0 Å². The van der Waals surface area contributed by atoms with E-state index in [4.69, 9.17) is 0 Å². The molecule has 2 nitrogen and oxygen atoms in total. The second-order valence-corrected chi connectivity index (χ2v) is 6.68. The second-order valence-electron chi connectivity index (χ2n) is 6.68. The summed E-state index contributed by atoms with van der Waals surface area (Å²) in [5.41, 5.74) is 6.24. The summed E-state index contributed by atoms with van der Waals surface area (Å²) in [6.07, 6.45) is 1.30. The molecule has 2 rings (SSSR count). The van der Waals surface area contributed by atoms with Gasteiger partial charge in [0.05, 0.1) is 0 Å². The van der Waals surface area contributed by atoms with Crippen LogP contribution in [0.4, 0.5) is 0 Å². The Morgan fingerprint density at radius 3 is 2.42 bits per heavy atom. The number of hydrogen-bond acceptors (Lipinski definition) is 2. The lowest BCUT2D eigenvalue weighted by molar-refractivity contribution is 0.265. The van der Waals surface area contributed by atoms with Crippen LogP contribution in [0.25, 0.3) is 0 Å². The molecule has 1 heterocycles. The van der Waals surface area contributed by atoms with E-state index in [2.05, 4.69) is 57.1 Å². The zero-order valence-electron chi connectivity index (χ0n) is 13.1. The smallest absolute Gasteiger partial charge is 0.0239 e. The highest BCUT2D eigenvalue weighted by atomic mass is 15.2. The van der Waals surface area contributed by atoms with Crippen molar-refractivity contribution in [1.29, 1.82) is 0 Å². The quantitative estimate of drug-likeness (QED) is 0.895. The Kier molecular flexibility index (Phi) is 4.32. The van der Waals surface area contributed by atoms with Gasteiger partial charge in [0.2, 0.25) is 0 Å². The van der Waals surface area contributed by atoms with Crippen LogP contribution in [0.2, 0.25) is 0 Å². The van der Waals surface area contributed by atoms with E-state index in [9.17, 15) is 0 Å². The van der Waals surface area contributed by atoms with Gasteiger partial charge in [0.25, 0.3) is 0 Å². The average molecular weight is 260 g/mol. The third kappa shape index (κ3) is 3.37. The number of nitrogens with zero attached hydrogens (tertiary/aromatic N) is 1. The highest BCUT2D eigenvalue weighted by Crippen LogP contribution is 2.31. The van der Waals surface area contributed by atoms with Crippen LogP contribution in [-0.2, 0) is 6.54 Å². The van der Waals surface area contributed by atoms with Crippen molar-refractivity contribution in [2.45, 2.75) is 40.7 Å². The molecule has 0 aliphatic carbocycles. The van der Waals surface area contributed by atoms with Crippen LogP contribution in [0, 0.1) is 26.2 Å². The maximum Gasteiger partial charge on any atom is 0.0239 e. The fraction of sp³-hybridized carbons (Fsp3) is 0.647. The Morgan fingerprint density at radius 1 is 1.21 bits per heavy atom. The standard InChI is InChI=1S/C17H28N2/c1-13-8-14(2)16(15(3)9-13)10-19-7-6-17(4,12-19)11-18-5/h8-9,18H,6-7,10-12H2,1-5H3. The molecule has 0 saturated carbocycles. The first kappa shape index (κ1) is 14.5. The molecule has 106 valence electrons. The van der Waals surface area contributed by atoms with Crippen molar-refractivity contribution < 1.29 is 0 Å². The van der Waals surface area contributed by atoms with Crippen molar-refractivity contribution in [2.24, 2.45) is 5.41 Å². The average Bonchev–Trinajstić information content (AvgIpc) is 2.66. The fourth-order valence-corrected chi connectivity index (χ4v) is 3.51. The number of nitrogens with one attached hydrogen (secondary N) is 1. The van der Waals surface area contributed by atoms with E-state index in [1.54, 1.807) is 0 Å². The zero-order chi connectivity index (χ0) is 14.0. The van der Waals surface area contributed by atoms with Crippen molar-refractivity contribution >= 4 is 0 Å². The normalized spacial score (nSPS) is 24.1. The van der Waals surface area contributed by atoms with Gasteiger partial charge >= 0.3 is 0 Å². The molecular weight excluding hydrogens is 232 g/mol. The van der Waals surface area contributed by atoms with Gasteiger partial charge in [-0.2, -0.15) is 0 Å². The minimum atomic E-state index is 0.446. The largest absolute Gasteiger partial charge is 0.319 e. The highest BCUT2D eigenvalue weighted by molar-refractivity contribution is 5.37. The minimum Gasteiger partial charge on any atom is -0.319 e. The highest BCUT2D eigenvalue weighted by Gasteiger charge is 2.33. The fourth-order valence-electron chi connectivity index (χ4n) is 3.51. The molecule has 0 amide bonds. The Balaban J connectivity index is 2.07. The van der Waals surface area contributed by atoms with Crippen molar-refractivity contribution in [1.82, 2.24) is 10.2 Å². The van der Waals surface area contributed by atoms with Gasteiger partial charge < -0.3 is 5.32 Å². The van der Waals surface area contributed by atoms with Gasteiger partial charge in [0, 0.05) is 19.6 Å². The van der Waals surface area contributed by atoms with E-state index in [0.717, 1.165) is 13.1 Å². The van der Waals surface area contributed by atoms with Crippen molar-refractivity contribution in [2.75, 3.05) is 26.7 Å². The second kappa shape index (κ2) is 5.64. The molecule has 1 saturated heterocycles. The molecule has 0 aromatic heterocycles. The zero-order valence-corrected chi connectivity index (χ0v) is 13.1. The molecule has 1 fully saturated rings.